The summed E-state index contributed by atoms with van der Waals surface area (Å²) >= 11 is 0. The molecule has 1 fully saturated rings. The van der Waals surface area contributed by atoms with E-state index in [1.165, 1.54) is 0 Å². The summed E-state index contributed by atoms with van der Waals surface area (Å²) in [6.45, 7) is 2.47. The van der Waals surface area contributed by atoms with Crippen molar-refractivity contribution in [2.45, 2.75) is 37.9 Å². The molecule has 0 amide bonds. The summed E-state index contributed by atoms with van der Waals surface area (Å²) in [4.78, 5) is 13.3. The van der Waals surface area contributed by atoms with Gasteiger partial charge in [0.1, 0.15) is 18.0 Å². The Labute approximate surface area is 133 Å². The minimum absolute atomic E-state index is 0.457. The van der Waals surface area contributed by atoms with Gasteiger partial charge in [-0.15, -0.1) is 0 Å². The summed E-state index contributed by atoms with van der Waals surface area (Å²) in [5, 5.41) is 26.2. The Morgan fingerprint density at radius 3 is 2.65 bits per heavy atom. The predicted octanol–water partition coefficient (Wildman–Crippen LogP) is -0.731. The Hall–Kier alpha value is -1.81. The van der Waals surface area contributed by atoms with E-state index in [1.807, 2.05) is 7.05 Å². The molecule has 0 aromatic carbocycles. The molecule has 3 rings (SSSR count). The monoisotopic (exact) mass is 322 g/mol. The highest BCUT2D eigenvalue weighted by Gasteiger charge is 2.42. The van der Waals surface area contributed by atoms with Gasteiger partial charge >= 0.3 is 0 Å². The number of nitrogens with one attached hydrogen (secondary N) is 2. The van der Waals surface area contributed by atoms with Gasteiger partial charge in [0.25, 0.3) is 0 Å². The van der Waals surface area contributed by atoms with Crippen LogP contribution in [0.15, 0.2) is 6.33 Å². The number of ether oxygens (including phenoxy) is 1. The molecule has 0 aliphatic carbocycles. The van der Waals surface area contributed by atoms with Gasteiger partial charge < -0.3 is 25.6 Å². The first kappa shape index (κ1) is 16.1. The van der Waals surface area contributed by atoms with Crippen LogP contribution >= 0.6 is 0 Å². The number of hydrogen-bond acceptors (Lipinski definition) is 8. The Kier molecular flexibility index (Phi) is 4.44. The van der Waals surface area contributed by atoms with E-state index < -0.39 is 24.5 Å². The lowest BCUT2D eigenvalue weighted by atomic mass is 10.1. The third-order valence-corrected chi connectivity index (χ3v) is 4.05. The van der Waals surface area contributed by atoms with E-state index in [-0.39, 0.29) is 0 Å². The Bertz CT molecular complexity index is 690. The van der Waals surface area contributed by atoms with E-state index in [2.05, 4.69) is 25.6 Å². The van der Waals surface area contributed by atoms with E-state index >= 15 is 0 Å². The minimum atomic E-state index is -1.03. The minimum Gasteiger partial charge on any atom is -0.388 e. The van der Waals surface area contributed by atoms with Crippen LogP contribution in [0.4, 0.5) is 5.82 Å². The number of imidazole rings is 1. The third kappa shape index (κ3) is 2.76. The van der Waals surface area contributed by atoms with Gasteiger partial charge in [0.2, 0.25) is 0 Å². The maximum absolute atomic E-state index is 10.2. The van der Waals surface area contributed by atoms with E-state index in [0.717, 1.165) is 6.54 Å². The molecule has 0 spiro atoms. The zero-order valence-corrected chi connectivity index (χ0v) is 13.4. The number of fused-ring (bicyclic) bond motifs is 1. The second-order valence-electron chi connectivity index (χ2n) is 5.63. The van der Waals surface area contributed by atoms with Crippen molar-refractivity contribution in [1.29, 1.82) is 0 Å². The number of aliphatic hydroxyl groups is 2. The Morgan fingerprint density at radius 1 is 1.26 bits per heavy atom. The van der Waals surface area contributed by atoms with E-state index in [4.69, 9.17) is 4.74 Å². The van der Waals surface area contributed by atoms with Gasteiger partial charge in [0.15, 0.2) is 23.2 Å². The molecule has 2 aromatic heterocycles. The first-order chi connectivity index (χ1) is 11.1. The fourth-order valence-electron chi connectivity index (χ4n) is 2.73. The molecule has 3 heterocycles. The lowest BCUT2D eigenvalue weighted by Gasteiger charge is -2.17. The molecule has 2 aromatic rings. The van der Waals surface area contributed by atoms with Crippen LogP contribution in [-0.2, 0) is 11.2 Å². The van der Waals surface area contributed by atoms with Gasteiger partial charge in [-0.25, -0.2) is 15.0 Å². The Morgan fingerprint density at radius 2 is 2.04 bits per heavy atom. The third-order valence-electron chi connectivity index (χ3n) is 4.05. The molecule has 4 unspecified atom stereocenters. The maximum atomic E-state index is 10.2. The van der Waals surface area contributed by atoms with Crippen LogP contribution < -0.4 is 10.6 Å². The summed E-state index contributed by atoms with van der Waals surface area (Å²) in [7, 11) is 3.64. The lowest BCUT2D eigenvalue weighted by molar-refractivity contribution is -0.0299. The highest BCUT2D eigenvalue weighted by Crippen LogP contribution is 2.32. The van der Waals surface area contributed by atoms with E-state index in [1.54, 1.807) is 24.9 Å². The van der Waals surface area contributed by atoms with Crippen LogP contribution in [0, 0.1) is 0 Å². The normalized spacial score (nSPS) is 27.7. The molecule has 23 heavy (non-hydrogen) atoms. The first-order valence-electron chi connectivity index (χ1n) is 7.64. The van der Waals surface area contributed by atoms with Crippen LogP contribution in [0.5, 0.6) is 0 Å². The standard InChI is InChI=1S/C14H22N6O3/c1-7-10(21)11(22)14(23-7)20-6-17-9-12(16-3)18-8(4-5-15-2)19-13(9)20/h6-7,10-11,14-15,21-22H,4-5H2,1-3H3,(H,16,18,19). The van der Waals surface area contributed by atoms with Crippen molar-refractivity contribution < 1.29 is 14.9 Å². The molecule has 1 aliphatic heterocycles. The van der Waals surface area contributed by atoms with Crippen LogP contribution in [0.2, 0.25) is 0 Å². The predicted molar refractivity (Wildman–Crippen MR) is 84.1 cm³/mol. The number of anilines is 1. The van der Waals surface area contributed by atoms with Crippen LogP contribution in [0.3, 0.4) is 0 Å². The molecule has 9 heteroatoms. The molecule has 0 radical (unpaired) electrons. The van der Waals surface area contributed by atoms with Crippen molar-refractivity contribution in [2.24, 2.45) is 0 Å². The van der Waals surface area contributed by atoms with Gasteiger partial charge in [-0.1, -0.05) is 0 Å². The molecule has 9 nitrogen and oxygen atoms in total. The zero-order chi connectivity index (χ0) is 16.6. The molecule has 1 aliphatic rings. The topological polar surface area (TPSA) is 117 Å². The summed E-state index contributed by atoms with van der Waals surface area (Å²) in [5.41, 5.74) is 1.17. The van der Waals surface area contributed by atoms with Gasteiger partial charge in [-0.2, -0.15) is 0 Å². The Balaban J connectivity index is 2.04. The van der Waals surface area contributed by atoms with Crippen LogP contribution in [0.1, 0.15) is 19.0 Å². The van der Waals surface area contributed by atoms with Crippen LogP contribution in [0.25, 0.3) is 11.2 Å². The summed E-state index contributed by atoms with van der Waals surface area (Å²) in [5.74, 6) is 1.29. The zero-order valence-electron chi connectivity index (χ0n) is 13.4. The fourth-order valence-corrected chi connectivity index (χ4v) is 2.73. The number of likely N-dealkylation sites (N-methyl/N-ethyl adjacent to an activating group) is 1. The largest absolute Gasteiger partial charge is 0.388 e. The average Bonchev–Trinajstić information content (AvgIpc) is 3.08. The number of aliphatic hydroxyl groups excluding tert-OH is 2. The average molecular weight is 322 g/mol. The van der Waals surface area contributed by atoms with Gasteiger partial charge in [0.05, 0.1) is 12.4 Å². The molecule has 1 saturated heterocycles. The van der Waals surface area contributed by atoms with Crippen molar-refractivity contribution in [2.75, 3.05) is 26.0 Å². The first-order valence-corrected chi connectivity index (χ1v) is 7.64. The van der Waals surface area contributed by atoms with E-state index in [0.29, 0.717) is 29.2 Å². The molecule has 4 N–H and O–H groups in total. The van der Waals surface area contributed by atoms with Crippen molar-refractivity contribution in [3.05, 3.63) is 12.2 Å². The highest BCUT2D eigenvalue weighted by molar-refractivity contribution is 5.83. The number of hydrogen-bond donors (Lipinski definition) is 4. The summed E-state index contributed by atoms with van der Waals surface area (Å²) in [6, 6.07) is 0. The molecule has 126 valence electrons. The second-order valence-corrected chi connectivity index (χ2v) is 5.63. The summed E-state index contributed by atoms with van der Waals surface area (Å²) < 4.78 is 7.31. The van der Waals surface area contributed by atoms with E-state index in [9.17, 15) is 10.2 Å². The molecule has 0 saturated carbocycles. The lowest BCUT2D eigenvalue weighted by Crippen LogP contribution is -2.30. The van der Waals surface area contributed by atoms with Gasteiger partial charge in [-0.05, 0) is 14.0 Å². The smallest absolute Gasteiger partial charge is 0.167 e. The molecule has 0 bridgehead atoms. The quantitative estimate of drug-likeness (QED) is 0.569. The van der Waals surface area contributed by atoms with Crippen molar-refractivity contribution in [3.63, 3.8) is 0 Å². The summed E-state index contributed by atoms with van der Waals surface area (Å²) in [6.07, 6.45) is -0.924. The van der Waals surface area contributed by atoms with Gasteiger partial charge in [0, 0.05) is 20.0 Å². The second kappa shape index (κ2) is 6.36. The number of nitrogens with zero attached hydrogens (tertiary/aromatic N) is 4. The van der Waals surface area contributed by atoms with Crippen molar-refractivity contribution >= 4 is 17.0 Å². The van der Waals surface area contributed by atoms with Crippen molar-refractivity contribution in [3.8, 4) is 0 Å². The van der Waals surface area contributed by atoms with Crippen LogP contribution in [-0.4, -0.2) is 68.7 Å². The van der Waals surface area contributed by atoms with Gasteiger partial charge in [-0.3, -0.25) is 4.57 Å². The highest BCUT2D eigenvalue weighted by atomic mass is 16.6. The van der Waals surface area contributed by atoms with Crippen molar-refractivity contribution in [1.82, 2.24) is 24.8 Å². The maximum Gasteiger partial charge on any atom is 0.167 e. The molecular weight excluding hydrogens is 300 g/mol. The molecular formula is C14H22N6O3. The SMILES string of the molecule is CNCCc1nc(NC)c2ncn(C3OC(C)C(O)C3O)c2n1. The number of aromatic nitrogens is 4. The molecule has 4 atom stereocenters. The fraction of sp³-hybridized carbons (Fsp3) is 0.643. The number of rotatable bonds is 5.